The van der Waals surface area contributed by atoms with E-state index in [2.05, 4.69) is 38.0 Å². The number of piperidine rings is 1. The van der Waals surface area contributed by atoms with Gasteiger partial charge in [0.05, 0.1) is 0 Å². The highest BCUT2D eigenvalue weighted by Crippen LogP contribution is 2.40. The van der Waals surface area contributed by atoms with Gasteiger partial charge in [0.15, 0.2) is 0 Å². The Morgan fingerprint density at radius 2 is 2.00 bits per heavy atom. The van der Waals surface area contributed by atoms with Gasteiger partial charge in [-0.25, -0.2) is 0 Å². The van der Waals surface area contributed by atoms with Crippen molar-refractivity contribution in [1.29, 1.82) is 0 Å². The minimum atomic E-state index is 0.588. The number of rotatable bonds is 2. The maximum Gasteiger partial charge on any atom is 0.0103 e. The lowest BCUT2D eigenvalue weighted by Gasteiger charge is -2.41. The summed E-state index contributed by atoms with van der Waals surface area (Å²) in [7, 11) is 2.10. The summed E-state index contributed by atoms with van der Waals surface area (Å²) in [5, 5.41) is 3.44. The van der Waals surface area contributed by atoms with Gasteiger partial charge < -0.3 is 5.32 Å². The lowest BCUT2D eigenvalue weighted by molar-refractivity contribution is 0.0867. The van der Waals surface area contributed by atoms with Crippen LogP contribution in [0.25, 0.3) is 0 Å². The Hall–Kier alpha value is -0.0800. The summed E-state index contributed by atoms with van der Waals surface area (Å²) in [6, 6.07) is 2.38. The van der Waals surface area contributed by atoms with E-state index in [4.69, 9.17) is 0 Å². The highest BCUT2D eigenvalue weighted by Gasteiger charge is 2.37. The second kappa shape index (κ2) is 4.66. The van der Waals surface area contributed by atoms with Crippen molar-refractivity contribution in [2.24, 2.45) is 5.41 Å². The molecule has 0 aromatic carbocycles. The molecule has 2 aliphatic rings. The van der Waals surface area contributed by atoms with Gasteiger partial charge in [0.1, 0.15) is 0 Å². The van der Waals surface area contributed by atoms with Crippen LogP contribution in [0, 0.1) is 5.41 Å². The molecule has 0 aromatic rings. The van der Waals surface area contributed by atoms with Crippen LogP contribution in [0.2, 0.25) is 0 Å². The van der Waals surface area contributed by atoms with E-state index in [0.29, 0.717) is 5.41 Å². The summed E-state index contributed by atoms with van der Waals surface area (Å²) in [5.74, 6) is 0. The van der Waals surface area contributed by atoms with E-state index in [1.807, 2.05) is 0 Å². The normalized spacial score (nSPS) is 40.1. The molecule has 1 saturated carbocycles. The standard InChI is InChI=1S/C14H28N2/c1-11-9-12(15-4)6-8-16(11)13-5-7-14(2,3)10-13/h11-13,15H,5-10H2,1-4H3. The van der Waals surface area contributed by atoms with Crippen LogP contribution in [0.1, 0.15) is 52.9 Å². The van der Waals surface area contributed by atoms with E-state index >= 15 is 0 Å². The Bertz CT molecular complexity index is 237. The zero-order valence-electron chi connectivity index (χ0n) is 11.4. The molecule has 0 aromatic heterocycles. The van der Waals surface area contributed by atoms with Crippen LogP contribution < -0.4 is 5.32 Å². The molecule has 1 N–H and O–H groups in total. The molecule has 2 heteroatoms. The van der Waals surface area contributed by atoms with Crippen LogP contribution in [0.5, 0.6) is 0 Å². The Labute approximate surface area is 101 Å². The van der Waals surface area contributed by atoms with Crippen LogP contribution in [0.15, 0.2) is 0 Å². The maximum absolute atomic E-state index is 3.44. The zero-order chi connectivity index (χ0) is 11.8. The van der Waals surface area contributed by atoms with Gasteiger partial charge in [-0.3, -0.25) is 4.90 Å². The Morgan fingerprint density at radius 1 is 1.25 bits per heavy atom. The Morgan fingerprint density at radius 3 is 2.50 bits per heavy atom. The fraction of sp³-hybridized carbons (Fsp3) is 1.00. The van der Waals surface area contributed by atoms with Gasteiger partial charge in [-0.1, -0.05) is 13.8 Å². The lowest BCUT2D eigenvalue weighted by atomic mass is 9.90. The first-order chi connectivity index (χ1) is 7.52. The van der Waals surface area contributed by atoms with Gasteiger partial charge in [0.2, 0.25) is 0 Å². The summed E-state index contributed by atoms with van der Waals surface area (Å²) >= 11 is 0. The molecule has 1 aliphatic carbocycles. The van der Waals surface area contributed by atoms with Crippen LogP contribution in [0.4, 0.5) is 0 Å². The predicted molar refractivity (Wildman–Crippen MR) is 69.7 cm³/mol. The monoisotopic (exact) mass is 224 g/mol. The second-order valence-electron chi connectivity index (χ2n) is 6.66. The number of nitrogens with one attached hydrogen (secondary N) is 1. The first kappa shape index (κ1) is 12.4. The van der Waals surface area contributed by atoms with Crippen molar-refractivity contribution in [3.05, 3.63) is 0 Å². The minimum Gasteiger partial charge on any atom is -0.317 e. The molecular weight excluding hydrogens is 196 g/mol. The third-order valence-electron chi connectivity index (χ3n) is 4.75. The largest absolute Gasteiger partial charge is 0.317 e. The van der Waals surface area contributed by atoms with Gasteiger partial charge in [-0.2, -0.15) is 0 Å². The van der Waals surface area contributed by atoms with Gasteiger partial charge in [-0.15, -0.1) is 0 Å². The van der Waals surface area contributed by atoms with E-state index < -0.39 is 0 Å². The molecular formula is C14H28N2. The van der Waals surface area contributed by atoms with E-state index in [1.54, 1.807) is 0 Å². The molecule has 2 fully saturated rings. The molecule has 1 aliphatic heterocycles. The molecule has 2 rings (SSSR count). The number of hydrogen-bond donors (Lipinski definition) is 1. The molecule has 3 unspecified atom stereocenters. The molecule has 0 amide bonds. The highest BCUT2D eigenvalue weighted by atomic mass is 15.2. The fourth-order valence-electron chi connectivity index (χ4n) is 3.68. The zero-order valence-corrected chi connectivity index (χ0v) is 11.4. The molecule has 94 valence electrons. The summed E-state index contributed by atoms with van der Waals surface area (Å²) in [6.07, 6.45) is 6.89. The minimum absolute atomic E-state index is 0.588. The summed E-state index contributed by atoms with van der Waals surface area (Å²) < 4.78 is 0. The van der Waals surface area contributed by atoms with Crippen molar-refractivity contribution >= 4 is 0 Å². The van der Waals surface area contributed by atoms with Crippen molar-refractivity contribution in [2.75, 3.05) is 13.6 Å². The molecule has 1 saturated heterocycles. The highest BCUT2D eigenvalue weighted by molar-refractivity contribution is 4.93. The summed E-state index contributed by atoms with van der Waals surface area (Å²) in [5.41, 5.74) is 0.588. The van der Waals surface area contributed by atoms with Crippen LogP contribution in [-0.2, 0) is 0 Å². The van der Waals surface area contributed by atoms with Gasteiger partial charge in [0.25, 0.3) is 0 Å². The van der Waals surface area contributed by atoms with E-state index in [-0.39, 0.29) is 0 Å². The smallest absolute Gasteiger partial charge is 0.0103 e. The third kappa shape index (κ3) is 2.60. The molecule has 2 nitrogen and oxygen atoms in total. The Kier molecular flexibility index (Phi) is 3.60. The van der Waals surface area contributed by atoms with Crippen LogP contribution >= 0.6 is 0 Å². The topological polar surface area (TPSA) is 15.3 Å². The number of likely N-dealkylation sites (tertiary alicyclic amines) is 1. The first-order valence-electron chi connectivity index (χ1n) is 6.95. The van der Waals surface area contributed by atoms with Crippen molar-refractivity contribution < 1.29 is 0 Å². The predicted octanol–water partition coefficient (Wildman–Crippen LogP) is 2.64. The quantitative estimate of drug-likeness (QED) is 0.776. The number of nitrogens with zero attached hydrogens (tertiary/aromatic N) is 1. The summed E-state index contributed by atoms with van der Waals surface area (Å²) in [6.45, 7) is 8.57. The summed E-state index contributed by atoms with van der Waals surface area (Å²) in [4.78, 5) is 2.78. The van der Waals surface area contributed by atoms with Crippen LogP contribution in [0.3, 0.4) is 0 Å². The molecule has 3 atom stereocenters. The van der Waals surface area contributed by atoms with Gasteiger partial charge >= 0.3 is 0 Å². The molecule has 0 radical (unpaired) electrons. The molecule has 0 bridgehead atoms. The maximum atomic E-state index is 3.44. The van der Waals surface area contributed by atoms with Crippen LogP contribution in [-0.4, -0.2) is 36.6 Å². The van der Waals surface area contributed by atoms with Crippen molar-refractivity contribution in [2.45, 2.75) is 71.0 Å². The second-order valence-corrected chi connectivity index (χ2v) is 6.66. The average molecular weight is 224 g/mol. The van der Waals surface area contributed by atoms with E-state index in [9.17, 15) is 0 Å². The van der Waals surface area contributed by atoms with E-state index in [0.717, 1.165) is 18.1 Å². The SMILES string of the molecule is CNC1CCN(C2CCC(C)(C)C2)C(C)C1. The average Bonchev–Trinajstić information content (AvgIpc) is 2.58. The van der Waals surface area contributed by atoms with E-state index in [1.165, 1.54) is 38.6 Å². The Balaban J connectivity index is 1.91. The number of hydrogen-bond acceptors (Lipinski definition) is 2. The first-order valence-corrected chi connectivity index (χ1v) is 6.95. The fourth-order valence-corrected chi connectivity index (χ4v) is 3.68. The third-order valence-corrected chi connectivity index (χ3v) is 4.75. The van der Waals surface area contributed by atoms with Crippen molar-refractivity contribution in [1.82, 2.24) is 10.2 Å². The van der Waals surface area contributed by atoms with Crippen molar-refractivity contribution in [3.63, 3.8) is 0 Å². The van der Waals surface area contributed by atoms with Gasteiger partial charge in [-0.05, 0) is 51.5 Å². The lowest BCUT2D eigenvalue weighted by Crippen LogP contribution is -2.50. The molecule has 0 spiro atoms. The molecule has 1 heterocycles. The van der Waals surface area contributed by atoms with Gasteiger partial charge in [0, 0.05) is 24.7 Å². The molecule has 16 heavy (non-hydrogen) atoms. The van der Waals surface area contributed by atoms with Crippen molar-refractivity contribution in [3.8, 4) is 0 Å².